The van der Waals surface area contributed by atoms with Gasteiger partial charge in [0, 0.05) is 7.05 Å². The number of rotatable bonds is 3. The second kappa shape index (κ2) is 5.26. The van der Waals surface area contributed by atoms with Crippen LogP contribution in [0.1, 0.15) is 15.9 Å². The van der Waals surface area contributed by atoms with Crippen LogP contribution in [0.2, 0.25) is 5.02 Å². The Labute approximate surface area is 105 Å². The molecule has 1 rings (SSSR count). The first-order valence-electron chi connectivity index (χ1n) is 4.59. The van der Waals surface area contributed by atoms with Crippen molar-refractivity contribution in [1.82, 2.24) is 0 Å². The number of anilines is 1. The van der Waals surface area contributed by atoms with Crippen molar-refractivity contribution in [2.75, 3.05) is 12.4 Å². The number of halogens is 4. The first-order chi connectivity index (χ1) is 8.29. The van der Waals surface area contributed by atoms with Gasteiger partial charge in [-0.05, 0) is 12.1 Å². The van der Waals surface area contributed by atoms with Gasteiger partial charge in [-0.1, -0.05) is 11.6 Å². The van der Waals surface area contributed by atoms with Crippen molar-refractivity contribution in [3.05, 3.63) is 28.3 Å². The average Bonchev–Trinajstić information content (AvgIpc) is 2.25. The highest BCUT2D eigenvalue weighted by Gasteiger charge is 2.35. The third kappa shape index (κ3) is 2.92. The van der Waals surface area contributed by atoms with Crippen molar-refractivity contribution < 1.29 is 23.1 Å². The normalized spacial score (nSPS) is 11.8. The van der Waals surface area contributed by atoms with Crippen molar-refractivity contribution >= 4 is 29.6 Å². The zero-order valence-corrected chi connectivity index (χ0v) is 9.80. The Bertz CT molecular complexity index is 501. The fraction of sp³-hybridized carbons (Fsp3) is 0.200. The highest BCUT2D eigenvalue weighted by Crippen LogP contribution is 2.39. The summed E-state index contributed by atoms with van der Waals surface area (Å²) in [5.41, 5.74) is -2.01. The summed E-state index contributed by atoms with van der Waals surface area (Å²) < 4.78 is 38.1. The number of hydrogen-bond acceptors (Lipinski definition) is 2. The van der Waals surface area contributed by atoms with Crippen LogP contribution < -0.4 is 5.32 Å². The zero-order chi connectivity index (χ0) is 13.9. The quantitative estimate of drug-likeness (QED) is 0.660. The first-order valence-corrected chi connectivity index (χ1v) is 4.97. The minimum atomic E-state index is -4.65. The molecule has 0 spiro atoms. The number of alkyl halides is 3. The van der Waals surface area contributed by atoms with E-state index in [-0.39, 0.29) is 0 Å². The van der Waals surface area contributed by atoms with E-state index in [9.17, 15) is 18.0 Å². The molecule has 0 bridgehead atoms. The molecule has 0 aromatic heterocycles. The minimum absolute atomic E-state index is 0.420. The molecule has 2 N–H and O–H groups in total. The first kappa shape index (κ1) is 14.3. The lowest BCUT2D eigenvalue weighted by atomic mass is 10.1. The Kier molecular flexibility index (Phi) is 4.18. The molecule has 0 radical (unpaired) electrons. The largest absolute Gasteiger partial charge is 0.478 e. The fourth-order valence-corrected chi connectivity index (χ4v) is 1.55. The van der Waals surface area contributed by atoms with E-state index in [1.807, 2.05) is 0 Å². The second-order valence-electron chi connectivity index (χ2n) is 3.18. The molecule has 0 saturated carbocycles. The number of nitrogens with zero attached hydrogens (tertiary/aromatic N) is 1. The summed E-state index contributed by atoms with van der Waals surface area (Å²) in [7, 11) is 1.34. The van der Waals surface area contributed by atoms with E-state index < -0.39 is 34.0 Å². The Balaban J connectivity index is 3.46. The lowest BCUT2D eigenvalue weighted by molar-refractivity contribution is -0.136. The summed E-state index contributed by atoms with van der Waals surface area (Å²) in [6.07, 6.45) is -3.66. The van der Waals surface area contributed by atoms with Crippen molar-refractivity contribution in [1.29, 1.82) is 0 Å². The Morgan fingerprint density at radius 2 is 2.11 bits per heavy atom. The van der Waals surface area contributed by atoms with E-state index in [0.717, 1.165) is 12.4 Å². The summed E-state index contributed by atoms with van der Waals surface area (Å²) in [4.78, 5) is 14.2. The standard InChI is InChI=1S/C10H8ClF3N2O2/c1-15-4-16-8-6(10(12,13)14)3-2-5(7(8)11)9(17)18/h2-4H,1H3,(H,15,16)(H,17,18). The Morgan fingerprint density at radius 1 is 1.50 bits per heavy atom. The maximum absolute atomic E-state index is 12.7. The minimum Gasteiger partial charge on any atom is -0.478 e. The lowest BCUT2D eigenvalue weighted by Gasteiger charge is -2.15. The molecule has 0 aliphatic rings. The number of carboxylic acids is 1. The SMILES string of the molecule is CN=CNc1c(C(F)(F)F)ccc(C(=O)O)c1Cl. The van der Waals surface area contributed by atoms with E-state index in [0.29, 0.717) is 6.07 Å². The molecule has 0 heterocycles. The second-order valence-corrected chi connectivity index (χ2v) is 3.56. The third-order valence-electron chi connectivity index (χ3n) is 2.02. The zero-order valence-electron chi connectivity index (χ0n) is 9.05. The number of hydrogen-bond donors (Lipinski definition) is 2. The van der Waals surface area contributed by atoms with Crippen LogP contribution in [0.25, 0.3) is 0 Å². The number of carboxylic acid groups (broad SMARTS) is 1. The van der Waals surface area contributed by atoms with Gasteiger partial charge in [-0.2, -0.15) is 13.2 Å². The number of aromatic carboxylic acids is 1. The number of nitrogens with one attached hydrogen (secondary N) is 1. The smallest absolute Gasteiger partial charge is 0.418 e. The monoisotopic (exact) mass is 280 g/mol. The molecule has 0 saturated heterocycles. The molecule has 0 atom stereocenters. The van der Waals surface area contributed by atoms with Crippen molar-refractivity contribution in [3.63, 3.8) is 0 Å². The average molecular weight is 281 g/mol. The van der Waals surface area contributed by atoms with Crippen LogP contribution in [0, 0.1) is 0 Å². The molecule has 8 heteroatoms. The molecule has 0 aliphatic carbocycles. The van der Waals surface area contributed by atoms with Gasteiger partial charge in [0.25, 0.3) is 0 Å². The summed E-state index contributed by atoms with van der Waals surface area (Å²) in [5.74, 6) is -1.41. The van der Waals surface area contributed by atoms with Crippen LogP contribution in [-0.2, 0) is 6.18 Å². The molecule has 18 heavy (non-hydrogen) atoms. The van der Waals surface area contributed by atoms with Crippen LogP contribution in [0.3, 0.4) is 0 Å². The van der Waals surface area contributed by atoms with Gasteiger partial charge in [0.1, 0.15) is 0 Å². The lowest BCUT2D eigenvalue weighted by Crippen LogP contribution is -2.12. The van der Waals surface area contributed by atoms with Gasteiger partial charge in [-0.25, -0.2) is 4.79 Å². The Hall–Kier alpha value is -1.76. The van der Waals surface area contributed by atoms with Gasteiger partial charge in [-0.15, -0.1) is 0 Å². The predicted octanol–water partition coefficient (Wildman–Crippen LogP) is 3.13. The molecule has 0 fully saturated rings. The molecule has 0 aliphatic heterocycles. The summed E-state index contributed by atoms with van der Waals surface area (Å²) in [5, 5.41) is 10.5. The molecule has 1 aromatic rings. The fourth-order valence-electron chi connectivity index (χ4n) is 1.25. The number of carbonyl (C=O) groups is 1. The molecular formula is C10H8ClF3N2O2. The maximum atomic E-state index is 12.7. The van der Waals surface area contributed by atoms with E-state index in [4.69, 9.17) is 16.7 Å². The van der Waals surface area contributed by atoms with Crippen molar-refractivity contribution in [3.8, 4) is 0 Å². The van der Waals surface area contributed by atoms with E-state index in [2.05, 4.69) is 10.3 Å². The van der Waals surface area contributed by atoms with E-state index >= 15 is 0 Å². The molecule has 4 nitrogen and oxygen atoms in total. The summed E-state index contributed by atoms with van der Waals surface area (Å²) >= 11 is 5.65. The molecule has 0 amide bonds. The van der Waals surface area contributed by atoms with E-state index in [1.54, 1.807) is 0 Å². The molecule has 0 unspecified atom stereocenters. The molecule has 1 aromatic carbocycles. The van der Waals surface area contributed by atoms with Gasteiger partial charge < -0.3 is 10.4 Å². The highest BCUT2D eigenvalue weighted by molar-refractivity contribution is 6.36. The molecular weight excluding hydrogens is 273 g/mol. The number of aliphatic imine (C=N–C) groups is 1. The van der Waals surface area contributed by atoms with Crippen LogP contribution >= 0.6 is 11.6 Å². The van der Waals surface area contributed by atoms with Crippen LogP contribution in [0.4, 0.5) is 18.9 Å². The third-order valence-corrected chi connectivity index (χ3v) is 2.41. The van der Waals surface area contributed by atoms with Gasteiger partial charge in [-0.3, -0.25) is 4.99 Å². The van der Waals surface area contributed by atoms with Crippen molar-refractivity contribution in [2.45, 2.75) is 6.18 Å². The van der Waals surface area contributed by atoms with Gasteiger partial charge in [0.2, 0.25) is 0 Å². The highest BCUT2D eigenvalue weighted by atomic mass is 35.5. The van der Waals surface area contributed by atoms with Gasteiger partial charge in [0.05, 0.1) is 28.2 Å². The van der Waals surface area contributed by atoms with Crippen LogP contribution in [0.5, 0.6) is 0 Å². The maximum Gasteiger partial charge on any atom is 0.418 e. The van der Waals surface area contributed by atoms with Gasteiger partial charge >= 0.3 is 12.1 Å². The van der Waals surface area contributed by atoms with Gasteiger partial charge in [0.15, 0.2) is 0 Å². The predicted molar refractivity (Wildman–Crippen MR) is 61.5 cm³/mol. The van der Waals surface area contributed by atoms with Crippen molar-refractivity contribution in [2.24, 2.45) is 4.99 Å². The number of benzene rings is 1. The summed E-state index contributed by atoms with van der Waals surface area (Å²) in [6, 6.07) is 1.46. The van der Waals surface area contributed by atoms with Crippen LogP contribution in [-0.4, -0.2) is 24.5 Å². The van der Waals surface area contributed by atoms with Crippen LogP contribution in [0.15, 0.2) is 17.1 Å². The Morgan fingerprint density at radius 3 is 2.56 bits per heavy atom. The summed E-state index contributed by atoms with van der Waals surface area (Å²) in [6.45, 7) is 0. The van der Waals surface area contributed by atoms with E-state index in [1.165, 1.54) is 7.05 Å². The topological polar surface area (TPSA) is 61.7 Å². The molecule has 98 valence electrons.